The summed E-state index contributed by atoms with van der Waals surface area (Å²) in [4.78, 5) is 12.1. The van der Waals surface area contributed by atoms with Gasteiger partial charge in [-0.2, -0.15) is 0 Å². The van der Waals surface area contributed by atoms with Gasteiger partial charge in [-0.05, 0) is 36.4 Å². The van der Waals surface area contributed by atoms with Crippen molar-refractivity contribution in [3.8, 4) is 17.2 Å². The Morgan fingerprint density at radius 3 is 2.44 bits per heavy atom. The van der Waals surface area contributed by atoms with Crippen molar-refractivity contribution in [2.75, 3.05) is 17.7 Å². The number of anilines is 1. The van der Waals surface area contributed by atoms with Gasteiger partial charge in [-0.3, -0.25) is 10.1 Å². The number of carbonyl (C=O) groups excluding carboxylic acids is 1. The number of ether oxygens (including phenoxy) is 1. The number of hydrogen-bond donors (Lipinski definition) is 1. The first-order chi connectivity index (χ1) is 13.0. The summed E-state index contributed by atoms with van der Waals surface area (Å²) in [6.07, 6.45) is 0. The standard InChI is InChI=1S/C18H17N3O5S/c1-2-27(23,24)15-10-8-13(9-11-15)17-20-21-18(26-17)19-16(22)12-25-14-6-4-3-5-7-14/h3-11H,2,12H2,1H3,(H,19,21,22). The summed E-state index contributed by atoms with van der Waals surface area (Å²) in [5.41, 5.74) is 0.540. The van der Waals surface area contributed by atoms with Gasteiger partial charge in [0.2, 0.25) is 5.89 Å². The second-order valence-electron chi connectivity index (χ2n) is 5.49. The Morgan fingerprint density at radius 2 is 1.78 bits per heavy atom. The highest BCUT2D eigenvalue weighted by atomic mass is 32.2. The lowest BCUT2D eigenvalue weighted by Crippen LogP contribution is -2.20. The summed E-state index contributed by atoms with van der Waals surface area (Å²) < 4.78 is 34.4. The van der Waals surface area contributed by atoms with Crippen LogP contribution in [-0.4, -0.2) is 36.9 Å². The number of benzene rings is 2. The van der Waals surface area contributed by atoms with E-state index in [9.17, 15) is 13.2 Å². The van der Waals surface area contributed by atoms with E-state index in [1.807, 2.05) is 6.07 Å². The van der Waals surface area contributed by atoms with Crippen molar-refractivity contribution in [1.29, 1.82) is 0 Å². The van der Waals surface area contributed by atoms with Crippen molar-refractivity contribution in [3.63, 3.8) is 0 Å². The number of rotatable bonds is 7. The van der Waals surface area contributed by atoms with Crippen molar-refractivity contribution < 1.29 is 22.4 Å². The van der Waals surface area contributed by atoms with Crippen molar-refractivity contribution in [2.24, 2.45) is 0 Å². The Balaban J connectivity index is 1.62. The van der Waals surface area contributed by atoms with Crippen molar-refractivity contribution in [3.05, 3.63) is 54.6 Å². The van der Waals surface area contributed by atoms with Gasteiger partial charge in [0, 0.05) is 5.56 Å². The number of carbonyl (C=O) groups is 1. The van der Waals surface area contributed by atoms with Gasteiger partial charge in [0.1, 0.15) is 5.75 Å². The van der Waals surface area contributed by atoms with Crippen LogP contribution in [0, 0.1) is 0 Å². The minimum Gasteiger partial charge on any atom is -0.484 e. The molecule has 1 N–H and O–H groups in total. The molecule has 1 aromatic heterocycles. The quantitative estimate of drug-likeness (QED) is 0.663. The number of aromatic nitrogens is 2. The molecule has 27 heavy (non-hydrogen) atoms. The van der Waals surface area contributed by atoms with E-state index >= 15 is 0 Å². The normalized spacial score (nSPS) is 11.1. The summed E-state index contributed by atoms with van der Waals surface area (Å²) in [7, 11) is -3.27. The maximum Gasteiger partial charge on any atom is 0.322 e. The highest BCUT2D eigenvalue weighted by molar-refractivity contribution is 7.91. The first kappa shape index (κ1) is 18.6. The lowest BCUT2D eigenvalue weighted by atomic mass is 10.2. The van der Waals surface area contributed by atoms with Crippen molar-refractivity contribution in [2.45, 2.75) is 11.8 Å². The lowest BCUT2D eigenvalue weighted by molar-refractivity contribution is -0.118. The number of nitrogens with zero attached hydrogens (tertiary/aromatic N) is 2. The summed E-state index contributed by atoms with van der Waals surface area (Å²) in [6.45, 7) is 1.38. The molecule has 0 fully saturated rings. The van der Waals surface area contributed by atoms with Crippen molar-refractivity contribution >= 4 is 21.8 Å². The van der Waals surface area contributed by atoms with E-state index in [1.54, 1.807) is 43.3 Å². The molecule has 8 nitrogen and oxygen atoms in total. The maximum atomic E-state index is 11.9. The average molecular weight is 387 g/mol. The zero-order valence-electron chi connectivity index (χ0n) is 14.5. The molecule has 1 amide bonds. The van der Waals surface area contributed by atoms with Gasteiger partial charge >= 0.3 is 6.01 Å². The largest absolute Gasteiger partial charge is 0.484 e. The van der Waals surface area contributed by atoms with Gasteiger partial charge in [-0.25, -0.2) is 8.42 Å². The molecule has 0 bridgehead atoms. The molecule has 140 valence electrons. The van der Waals surface area contributed by atoms with Crippen molar-refractivity contribution in [1.82, 2.24) is 10.2 Å². The Hall–Kier alpha value is -3.20. The molecule has 3 rings (SSSR count). The van der Waals surface area contributed by atoms with Crippen LogP contribution in [-0.2, 0) is 14.6 Å². The molecule has 0 saturated carbocycles. The van der Waals surface area contributed by atoms with Crippen LogP contribution in [0.1, 0.15) is 6.92 Å². The highest BCUT2D eigenvalue weighted by Gasteiger charge is 2.14. The maximum absolute atomic E-state index is 11.9. The first-order valence-electron chi connectivity index (χ1n) is 8.12. The third kappa shape index (κ3) is 4.70. The van der Waals surface area contributed by atoms with E-state index in [2.05, 4.69) is 15.5 Å². The van der Waals surface area contributed by atoms with E-state index in [-0.39, 0.29) is 29.2 Å². The molecule has 0 aliphatic rings. The first-order valence-corrected chi connectivity index (χ1v) is 9.77. The second-order valence-corrected chi connectivity index (χ2v) is 7.77. The average Bonchev–Trinajstić information content (AvgIpc) is 3.15. The fourth-order valence-corrected chi connectivity index (χ4v) is 3.07. The van der Waals surface area contributed by atoms with Gasteiger partial charge in [-0.15, -0.1) is 5.10 Å². The lowest BCUT2D eigenvalue weighted by Gasteiger charge is -2.04. The van der Waals surface area contributed by atoms with E-state index in [1.165, 1.54) is 12.1 Å². The van der Waals surface area contributed by atoms with Gasteiger partial charge in [0.25, 0.3) is 5.91 Å². The second kappa shape index (κ2) is 8.00. The van der Waals surface area contributed by atoms with Crippen LogP contribution in [0.2, 0.25) is 0 Å². The summed E-state index contributed by atoms with van der Waals surface area (Å²) >= 11 is 0. The van der Waals surface area contributed by atoms with Gasteiger partial charge in [0.15, 0.2) is 16.4 Å². The molecule has 1 heterocycles. The number of hydrogen-bond acceptors (Lipinski definition) is 7. The third-order valence-electron chi connectivity index (χ3n) is 3.62. The number of sulfone groups is 1. The molecule has 0 atom stereocenters. The van der Waals surface area contributed by atoms with Crippen LogP contribution < -0.4 is 10.1 Å². The predicted molar refractivity (Wildman–Crippen MR) is 98.0 cm³/mol. The van der Waals surface area contributed by atoms with E-state index in [0.29, 0.717) is 11.3 Å². The molecule has 0 radical (unpaired) electrons. The molecule has 0 spiro atoms. The molecule has 0 aliphatic heterocycles. The highest BCUT2D eigenvalue weighted by Crippen LogP contribution is 2.22. The molecular weight excluding hydrogens is 370 g/mol. The van der Waals surface area contributed by atoms with E-state index in [4.69, 9.17) is 9.15 Å². The minimum atomic E-state index is -3.27. The fraction of sp³-hybridized carbons (Fsp3) is 0.167. The van der Waals surface area contributed by atoms with E-state index in [0.717, 1.165) is 0 Å². The smallest absolute Gasteiger partial charge is 0.322 e. The predicted octanol–water partition coefficient (Wildman–Crippen LogP) is 2.55. The molecule has 3 aromatic rings. The Kier molecular flexibility index (Phi) is 5.51. The SMILES string of the molecule is CCS(=O)(=O)c1ccc(-c2nnc(NC(=O)COc3ccccc3)o2)cc1. The van der Waals surface area contributed by atoms with Crippen LogP contribution in [0.25, 0.3) is 11.5 Å². The monoisotopic (exact) mass is 387 g/mol. The number of amides is 1. The molecule has 9 heteroatoms. The Bertz CT molecular complexity index is 1010. The van der Waals surface area contributed by atoms with Crippen LogP contribution in [0.3, 0.4) is 0 Å². The van der Waals surface area contributed by atoms with E-state index < -0.39 is 15.7 Å². The number of para-hydroxylation sites is 1. The van der Waals surface area contributed by atoms with Gasteiger partial charge < -0.3 is 9.15 Å². The Labute approximate surface area is 156 Å². The molecule has 2 aromatic carbocycles. The summed E-state index contributed by atoms with van der Waals surface area (Å²) in [5, 5.41) is 10.0. The summed E-state index contributed by atoms with van der Waals surface area (Å²) in [5.74, 6) is 0.308. The third-order valence-corrected chi connectivity index (χ3v) is 5.38. The molecular formula is C18H17N3O5S. The zero-order chi connectivity index (χ0) is 19.3. The van der Waals surface area contributed by atoms with Crippen LogP contribution in [0.5, 0.6) is 5.75 Å². The molecule has 0 unspecified atom stereocenters. The topological polar surface area (TPSA) is 111 Å². The van der Waals surface area contributed by atoms with Crippen LogP contribution >= 0.6 is 0 Å². The Morgan fingerprint density at radius 1 is 1.07 bits per heavy atom. The zero-order valence-corrected chi connectivity index (χ0v) is 15.3. The molecule has 0 aliphatic carbocycles. The summed E-state index contributed by atoms with van der Waals surface area (Å²) in [6, 6.07) is 14.9. The van der Waals surface area contributed by atoms with Crippen LogP contribution in [0.15, 0.2) is 63.9 Å². The van der Waals surface area contributed by atoms with Crippen LogP contribution in [0.4, 0.5) is 6.01 Å². The van der Waals surface area contributed by atoms with Gasteiger partial charge in [-0.1, -0.05) is 30.2 Å². The van der Waals surface area contributed by atoms with Gasteiger partial charge in [0.05, 0.1) is 10.6 Å². The minimum absolute atomic E-state index is 0.0220. The molecule has 0 saturated heterocycles. The number of nitrogens with one attached hydrogen (secondary N) is 1. The fourth-order valence-electron chi connectivity index (χ4n) is 2.18.